The molecule has 172 valence electrons. The van der Waals surface area contributed by atoms with Gasteiger partial charge in [0.1, 0.15) is 5.82 Å². The van der Waals surface area contributed by atoms with Gasteiger partial charge in [0.25, 0.3) is 5.89 Å². The van der Waals surface area contributed by atoms with Crippen molar-refractivity contribution in [2.24, 2.45) is 0 Å². The van der Waals surface area contributed by atoms with Gasteiger partial charge in [-0.3, -0.25) is 4.79 Å². The minimum Gasteiger partial charge on any atom is -0.414 e. The van der Waals surface area contributed by atoms with E-state index in [1.165, 1.54) is 5.56 Å². The molecule has 5 rings (SSSR count). The molecule has 33 heavy (non-hydrogen) atoms. The van der Waals surface area contributed by atoms with E-state index in [1.807, 2.05) is 36.2 Å². The minimum absolute atomic E-state index is 0.244. The molecule has 3 aromatic rings. The number of anilines is 2. The molecule has 0 unspecified atom stereocenters. The summed E-state index contributed by atoms with van der Waals surface area (Å²) in [4.78, 5) is 25.3. The standard InChI is InChI=1S/C23H28N8O2/c1-25-13-15-4-6-16(7-5-15)22-28-29-23(33-22)20-21(24)26-14-18(27-20)30-11-8-17(9-12-30)31-10-2-3-19(31)32/h4-7,14,17,25H,2-3,8-13H2,1H3,(H2,24,26). The van der Waals surface area contributed by atoms with Gasteiger partial charge in [-0.2, -0.15) is 0 Å². The monoisotopic (exact) mass is 448 g/mol. The molecular weight excluding hydrogens is 420 g/mol. The highest BCUT2D eigenvalue weighted by molar-refractivity contribution is 5.78. The fourth-order valence-electron chi connectivity index (χ4n) is 4.57. The minimum atomic E-state index is 0.244. The van der Waals surface area contributed by atoms with E-state index in [1.54, 1.807) is 6.20 Å². The number of likely N-dealkylation sites (tertiary alicyclic amines) is 1. The molecule has 1 aromatic carbocycles. The van der Waals surface area contributed by atoms with Crippen molar-refractivity contribution in [2.75, 3.05) is 37.3 Å². The molecular formula is C23H28N8O2. The average molecular weight is 449 g/mol. The van der Waals surface area contributed by atoms with Crippen LogP contribution in [0.3, 0.4) is 0 Å². The Kier molecular flexibility index (Phi) is 5.91. The predicted molar refractivity (Wildman–Crippen MR) is 124 cm³/mol. The lowest BCUT2D eigenvalue weighted by Crippen LogP contribution is -2.45. The van der Waals surface area contributed by atoms with E-state index >= 15 is 0 Å². The van der Waals surface area contributed by atoms with Crippen LogP contribution in [0.4, 0.5) is 11.6 Å². The van der Waals surface area contributed by atoms with Gasteiger partial charge in [-0.25, -0.2) is 9.97 Å². The predicted octanol–water partition coefficient (Wildman–Crippen LogP) is 2.09. The van der Waals surface area contributed by atoms with E-state index in [0.29, 0.717) is 24.0 Å². The summed E-state index contributed by atoms with van der Waals surface area (Å²) < 4.78 is 5.89. The quantitative estimate of drug-likeness (QED) is 0.583. The zero-order valence-electron chi connectivity index (χ0n) is 18.7. The summed E-state index contributed by atoms with van der Waals surface area (Å²) in [7, 11) is 1.91. The molecule has 0 radical (unpaired) electrons. The van der Waals surface area contributed by atoms with Crippen molar-refractivity contribution in [1.82, 2.24) is 30.4 Å². The van der Waals surface area contributed by atoms with Gasteiger partial charge in [0.05, 0.1) is 6.20 Å². The molecule has 3 N–H and O–H groups in total. The number of aromatic nitrogens is 4. The Morgan fingerprint density at radius 1 is 1.12 bits per heavy atom. The Labute approximate surface area is 192 Å². The highest BCUT2D eigenvalue weighted by Gasteiger charge is 2.31. The normalized spacial score (nSPS) is 17.2. The van der Waals surface area contributed by atoms with Crippen LogP contribution in [-0.4, -0.2) is 63.7 Å². The summed E-state index contributed by atoms with van der Waals surface area (Å²) in [5.74, 6) is 1.90. The van der Waals surface area contributed by atoms with Crippen molar-refractivity contribution < 1.29 is 9.21 Å². The van der Waals surface area contributed by atoms with E-state index < -0.39 is 0 Å². The molecule has 2 aliphatic rings. The highest BCUT2D eigenvalue weighted by Crippen LogP contribution is 2.29. The molecule has 4 heterocycles. The van der Waals surface area contributed by atoms with Crippen molar-refractivity contribution in [1.29, 1.82) is 0 Å². The van der Waals surface area contributed by atoms with Crippen LogP contribution in [0.1, 0.15) is 31.2 Å². The summed E-state index contributed by atoms with van der Waals surface area (Å²) in [5, 5.41) is 11.5. The maximum atomic E-state index is 12.1. The number of carbonyl (C=O) groups is 1. The third-order valence-corrected chi connectivity index (χ3v) is 6.34. The topological polar surface area (TPSA) is 126 Å². The fourth-order valence-corrected chi connectivity index (χ4v) is 4.57. The lowest BCUT2D eigenvalue weighted by molar-refractivity contribution is -0.130. The van der Waals surface area contributed by atoms with E-state index in [-0.39, 0.29) is 17.6 Å². The van der Waals surface area contributed by atoms with Gasteiger partial charge in [0.15, 0.2) is 11.5 Å². The van der Waals surface area contributed by atoms with Crippen molar-refractivity contribution in [3.63, 3.8) is 0 Å². The van der Waals surface area contributed by atoms with Gasteiger partial charge in [-0.05, 0) is 44.0 Å². The number of hydrogen-bond donors (Lipinski definition) is 2. The summed E-state index contributed by atoms with van der Waals surface area (Å²) in [5.41, 5.74) is 8.48. The van der Waals surface area contributed by atoms with E-state index in [9.17, 15) is 4.79 Å². The Morgan fingerprint density at radius 3 is 2.58 bits per heavy atom. The van der Waals surface area contributed by atoms with Crippen molar-refractivity contribution in [3.05, 3.63) is 36.0 Å². The van der Waals surface area contributed by atoms with Crippen LogP contribution in [0, 0.1) is 0 Å². The van der Waals surface area contributed by atoms with Crippen LogP contribution in [0.15, 0.2) is 34.9 Å². The molecule has 0 spiro atoms. The van der Waals surface area contributed by atoms with E-state index in [4.69, 9.17) is 15.1 Å². The largest absolute Gasteiger partial charge is 0.414 e. The fraction of sp³-hybridized carbons (Fsp3) is 0.435. The number of nitrogens with one attached hydrogen (secondary N) is 1. The number of hydrogen-bond acceptors (Lipinski definition) is 9. The van der Waals surface area contributed by atoms with Gasteiger partial charge in [-0.15, -0.1) is 10.2 Å². The van der Waals surface area contributed by atoms with Crippen LogP contribution in [0.5, 0.6) is 0 Å². The Bertz CT molecular complexity index is 1120. The number of carbonyl (C=O) groups excluding carboxylic acids is 1. The molecule has 2 saturated heterocycles. The number of rotatable bonds is 6. The van der Waals surface area contributed by atoms with E-state index in [2.05, 4.69) is 25.4 Å². The number of nitrogens with two attached hydrogens (primary N) is 1. The second kappa shape index (κ2) is 9.14. The lowest BCUT2D eigenvalue weighted by Gasteiger charge is -2.37. The number of amides is 1. The first-order chi connectivity index (χ1) is 16.1. The summed E-state index contributed by atoms with van der Waals surface area (Å²) in [6.07, 6.45) is 5.16. The molecule has 1 amide bonds. The van der Waals surface area contributed by atoms with E-state index in [0.717, 1.165) is 56.8 Å². The van der Waals surface area contributed by atoms with Gasteiger partial charge < -0.3 is 25.3 Å². The summed E-state index contributed by atoms with van der Waals surface area (Å²) >= 11 is 0. The molecule has 2 aromatic heterocycles. The highest BCUT2D eigenvalue weighted by atomic mass is 16.4. The summed E-state index contributed by atoms with van der Waals surface area (Å²) in [6, 6.07) is 8.25. The Balaban J connectivity index is 1.31. The van der Waals surface area contributed by atoms with Crippen LogP contribution < -0.4 is 16.0 Å². The van der Waals surface area contributed by atoms with Crippen LogP contribution >= 0.6 is 0 Å². The van der Waals surface area contributed by atoms with Crippen LogP contribution in [0.25, 0.3) is 23.0 Å². The van der Waals surface area contributed by atoms with Gasteiger partial charge in [-0.1, -0.05) is 12.1 Å². The maximum Gasteiger partial charge on any atom is 0.270 e. The molecule has 0 saturated carbocycles. The zero-order valence-corrected chi connectivity index (χ0v) is 18.7. The number of nitrogen functional groups attached to an aromatic ring is 1. The number of benzene rings is 1. The molecule has 2 aliphatic heterocycles. The Hall–Kier alpha value is -3.53. The van der Waals surface area contributed by atoms with Gasteiger partial charge in [0, 0.05) is 44.2 Å². The average Bonchev–Trinajstić information content (AvgIpc) is 3.50. The molecule has 0 aliphatic carbocycles. The molecule has 10 nitrogen and oxygen atoms in total. The van der Waals surface area contributed by atoms with Crippen molar-refractivity contribution >= 4 is 17.5 Å². The molecule has 2 fully saturated rings. The number of nitrogens with zero attached hydrogens (tertiary/aromatic N) is 6. The van der Waals surface area contributed by atoms with Gasteiger partial charge >= 0.3 is 0 Å². The van der Waals surface area contributed by atoms with Crippen molar-refractivity contribution in [2.45, 2.75) is 38.3 Å². The van der Waals surface area contributed by atoms with Crippen LogP contribution in [0.2, 0.25) is 0 Å². The molecule has 10 heteroatoms. The second-order valence-electron chi connectivity index (χ2n) is 8.51. The van der Waals surface area contributed by atoms with Gasteiger partial charge in [0.2, 0.25) is 11.8 Å². The molecule has 0 bridgehead atoms. The summed E-state index contributed by atoms with van der Waals surface area (Å²) in [6.45, 7) is 3.29. The van der Waals surface area contributed by atoms with Crippen LogP contribution in [-0.2, 0) is 11.3 Å². The second-order valence-corrected chi connectivity index (χ2v) is 8.51. The van der Waals surface area contributed by atoms with Crippen molar-refractivity contribution in [3.8, 4) is 23.0 Å². The molecule has 0 atom stereocenters. The SMILES string of the molecule is CNCc1ccc(-c2nnc(-c3nc(N4CCC(N5CCCC5=O)CC4)cnc3N)o2)cc1. The first-order valence-corrected chi connectivity index (χ1v) is 11.4. The first-order valence-electron chi connectivity index (χ1n) is 11.4. The third-order valence-electron chi connectivity index (χ3n) is 6.34. The number of piperidine rings is 1. The third kappa shape index (κ3) is 4.38. The maximum absolute atomic E-state index is 12.1. The first kappa shape index (κ1) is 21.3. The lowest BCUT2D eigenvalue weighted by atomic mass is 10.0. The Morgan fingerprint density at radius 2 is 1.88 bits per heavy atom. The zero-order chi connectivity index (χ0) is 22.8. The smallest absolute Gasteiger partial charge is 0.270 e.